The van der Waals surface area contributed by atoms with Gasteiger partial charge in [-0.1, -0.05) is 0 Å². The maximum Gasteiger partial charge on any atom is 0.314 e. The molecule has 2 aromatic rings. The van der Waals surface area contributed by atoms with Crippen LogP contribution < -0.4 is 5.32 Å². The number of hydrogen-bond acceptors (Lipinski definition) is 4. The lowest BCUT2D eigenvalue weighted by molar-refractivity contribution is 0.406. The summed E-state index contributed by atoms with van der Waals surface area (Å²) in [6.45, 7) is 0. The summed E-state index contributed by atoms with van der Waals surface area (Å²) >= 11 is 4.76. The molecule has 0 radical (unpaired) electrons. The predicted octanol–water partition coefficient (Wildman–Crippen LogP) is 2.44. The van der Waals surface area contributed by atoms with E-state index in [1.54, 1.807) is 0 Å². The van der Waals surface area contributed by atoms with E-state index in [4.69, 9.17) is 16.7 Å². The Morgan fingerprint density at radius 1 is 1.36 bits per heavy atom. The van der Waals surface area contributed by atoms with E-state index in [0.717, 1.165) is 11.3 Å². The van der Waals surface area contributed by atoms with E-state index in [1.807, 2.05) is 31.3 Å². The zero-order valence-electron chi connectivity index (χ0n) is 7.57. The first-order valence-corrected chi connectivity index (χ1v) is 4.54. The van der Waals surface area contributed by atoms with Crippen molar-refractivity contribution in [1.82, 2.24) is 10.1 Å². The first kappa shape index (κ1) is 8.96. The minimum absolute atomic E-state index is 0.220. The largest absolute Gasteiger partial charge is 0.388 e. The summed E-state index contributed by atoms with van der Waals surface area (Å²) in [5.41, 5.74) is 2.00. The second kappa shape index (κ2) is 3.63. The maximum atomic E-state index is 4.84. The van der Waals surface area contributed by atoms with Gasteiger partial charge in [0.2, 0.25) is 0 Å². The highest BCUT2D eigenvalue weighted by molar-refractivity contribution is 7.71. The molecule has 2 rings (SSSR count). The van der Waals surface area contributed by atoms with Gasteiger partial charge in [0.25, 0.3) is 0 Å². The van der Waals surface area contributed by atoms with Gasteiger partial charge in [0.1, 0.15) is 0 Å². The Labute approximate surface area is 85.9 Å². The molecule has 0 aliphatic carbocycles. The van der Waals surface area contributed by atoms with Crippen molar-refractivity contribution in [2.75, 3.05) is 12.4 Å². The number of nitrogens with one attached hydrogen (secondary N) is 2. The van der Waals surface area contributed by atoms with E-state index in [1.165, 1.54) is 0 Å². The number of H-pyrrole nitrogens is 1. The van der Waals surface area contributed by atoms with Crippen LogP contribution in [-0.2, 0) is 0 Å². The topological polar surface area (TPSA) is 53.9 Å². The molecule has 4 nitrogen and oxygen atoms in total. The van der Waals surface area contributed by atoms with E-state index in [0.29, 0.717) is 5.82 Å². The second-order valence-corrected chi connectivity index (χ2v) is 3.11. The lowest BCUT2D eigenvalue weighted by Crippen LogP contribution is -1.87. The Bertz CT molecular complexity index is 471. The molecule has 0 amide bonds. The van der Waals surface area contributed by atoms with Gasteiger partial charge in [-0.15, -0.1) is 0 Å². The van der Waals surface area contributed by atoms with Crippen molar-refractivity contribution in [3.63, 3.8) is 0 Å². The Balaban J connectivity index is 2.38. The van der Waals surface area contributed by atoms with Crippen LogP contribution in [0.4, 0.5) is 5.69 Å². The summed E-state index contributed by atoms with van der Waals surface area (Å²) in [6, 6.07) is 7.80. The number of aromatic amines is 1. The summed E-state index contributed by atoms with van der Waals surface area (Å²) < 4.78 is 4.84. The van der Waals surface area contributed by atoms with Crippen molar-refractivity contribution in [1.29, 1.82) is 0 Å². The number of aromatic nitrogens is 2. The van der Waals surface area contributed by atoms with Gasteiger partial charge < -0.3 is 9.84 Å². The molecule has 2 N–H and O–H groups in total. The lowest BCUT2D eigenvalue weighted by Gasteiger charge is -1.99. The molecule has 72 valence electrons. The van der Waals surface area contributed by atoms with Gasteiger partial charge >= 0.3 is 4.84 Å². The van der Waals surface area contributed by atoms with Crippen LogP contribution in [0, 0.1) is 4.84 Å². The minimum atomic E-state index is 0.220. The van der Waals surface area contributed by atoms with Crippen molar-refractivity contribution in [2.45, 2.75) is 0 Å². The highest BCUT2D eigenvalue weighted by Gasteiger charge is 2.01. The molecule has 0 atom stereocenters. The quantitative estimate of drug-likeness (QED) is 0.743. The number of rotatable bonds is 2. The lowest BCUT2D eigenvalue weighted by atomic mass is 10.2. The molecule has 1 aromatic heterocycles. The molecular formula is C9H9N3OS. The summed E-state index contributed by atoms with van der Waals surface area (Å²) in [5, 5.41) is 5.68. The van der Waals surface area contributed by atoms with Gasteiger partial charge in [0.15, 0.2) is 5.82 Å². The predicted molar refractivity (Wildman–Crippen MR) is 56.7 cm³/mol. The van der Waals surface area contributed by atoms with Crippen LogP contribution in [0.15, 0.2) is 28.8 Å². The number of hydrogen-bond donors (Lipinski definition) is 2. The number of benzene rings is 1. The van der Waals surface area contributed by atoms with Gasteiger partial charge in [-0.05, 0) is 36.5 Å². The molecule has 0 aliphatic rings. The summed E-state index contributed by atoms with van der Waals surface area (Å²) in [7, 11) is 1.87. The average Bonchev–Trinajstić information content (AvgIpc) is 2.65. The Morgan fingerprint density at radius 3 is 2.57 bits per heavy atom. The Morgan fingerprint density at radius 2 is 2.07 bits per heavy atom. The van der Waals surface area contributed by atoms with Crippen molar-refractivity contribution in [3.05, 3.63) is 29.1 Å². The SMILES string of the molecule is CNc1ccc(-c2nc(=S)o[nH]2)cc1. The second-order valence-electron chi connectivity index (χ2n) is 2.76. The van der Waals surface area contributed by atoms with Gasteiger partial charge in [-0.3, -0.25) is 0 Å². The molecule has 5 heteroatoms. The monoisotopic (exact) mass is 207 g/mol. The van der Waals surface area contributed by atoms with E-state index >= 15 is 0 Å². The highest BCUT2D eigenvalue weighted by atomic mass is 32.1. The Hall–Kier alpha value is -1.62. The third-order valence-electron chi connectivity index (χ3n) is 1.89. The summed E-state index contributed by atoms with van der Waals surface area (Å²) in [5.74, 6) is 0.651. The van der Waals surface area contributed by atoms with Crippen molar-refractivity contribution in [2.24, 2.45) is 0 Å². The molecule has 0 bridgehead atoms. The molecule has 14 heavy (non-hydrogen) atoms. The van der Waals surface area contributed by atoms with E-state index in [2.05, 4.69) is 15.5 Å². The molecule has 1 aromatic carbocycles. The van der Waals surface area contributed by atoms with Gasteiger partial charge in [0, 0.05) is 18.3 Å². The van der Waals surface area contributed by atoms with Gasteiger partial charge in [-0.25, -0.2) is 5.16 Å². The van der Waals surface area contributed by atoms with E-state index < -0.39 is 0 Å². The molecule has 0 saturated heterocycles. The zero-order chi connectivity index (χ0) is 9.97. The first-order chi connectivity index (χ1) is 6.79. The number of anilines is 1. The molecule has 0 unspecified atom stereocenters. The fourth-order valence-electron chi connectivity index (χ4n) is 1.15. The van der Waals surface area contributed by atoms with Crippen LogP contribution >= 0.6 is 12.2 Å². The van der Waals surface area contributed by atoms with E-state index in [9.17, 15) is 0 Å². The summed E-state index contributed by atoms with van der Waals surface area (Å²) in [6.07, 6.45) is 0. The zero-order valence-corrected chi connectivity index (χ0v) is 8.39. The normalized spacial score (nSPS) is 10.1. The first-order valence-electron chi connectivity index (χ1n) is 4.13. The average molecular weight is 207 g/mol. The molecule has 0 saturated carbocycles. The van der Waals surface area contributed by atoms with Crippen LogP contribution in [0.3, 0.4) is 0 Å². The third kappa shape index (κ3) is 1.67. The van der Waals surface area contributed by atoms with Crippen molar-refractivity contribution in [3.8, 4) is 11.4 Å². The van der Waals surface area contributed by atoms with Crippen LogP contribution in [0.1, 0.15) is 0 Å². The molecular weight excluding hydrogens is 198 g/mol. The summed E-state index contributed by atoms with van der Waals surface area (Å²) in [4.78, 5) is 4.23. The van der Waals surface area contributed by atoms with Crippen LogP contribution in [0.2, 0.25) is 0 Å². The molecule has 1 heterocycles. The highest BCUT2D eigenvalue weighted by Crippen LogP contribution is 2.17. The minimum Gasteiger partial charge on any atom is -0.388 e. The fraction of sp³-hybridized carbons (Fsp3) is 0.111. The van der Waals surface area contributed by atoms with Crippen molar-refractivity contribution >= 4 is 17.9 Å². The third-order valence-corrected chi connectivity index (χ3v) is 2.06. The van der Waals surface area contributed by atoms with E-state index in [-0.39, 0.29) is 4.84 Å². The number of nitrogens with zero attached hydrogens (tertiary/aromatic N) is 1. The Kier molecular flexibility index (Phi) is 2.32. The smallest absolute Gasteiger partial charge is 0.314 e. The van der Waals surface area contributed by atoms with Gasteiger partial charge in [0.05, 0.1) is 0 Å². The molecule has 0 spiro atoms. The van der Waals surface area contributed by atoms with Crippen LogP contribution in [-0.4, -0.2) is 17.2 Å². The molecule has 0 aliphatic heterocycles. The fourth-order valence-corrected chi connectivity index (χ4v) is 1.28. The maximum absolute atomic E-state index is 4.84. The van der Waals surface area contributed by atoms with Crippen molar-refractivity contribution < 1.29 is 4.52 Å². The molecule has 0 fully saturated rings. The standard InChI is InChI=1S/C9H9N3OS/c1-10-7-4-2-6(3-5-7)8-11-9(14)13-12-8/h2-5,10H,1H3,(H,11,12,14). The van der Waals surface area contributed by atoms with Crippen LogP contribution in [0.25, 0.3) is 11.4 Å². The van der Waals surface area contributed by atoms with Gasteiger partial charge in [-0.2, -0.15) is 4.98 Å². The van der Waals surface area contributed by atoms with Crippen LogP contribution in [0.5, 0.6) is 0 Å².